The second-order valence-electron chi connectivity index (χ2n) is 7.57. The van der Waals surface area contributed by atoms with Gasteiger partial charge in [-0.3, -0.25) is 14.9 Å². The quantitative estimate of drug-likeness (QED) is 0.485. The summed E-state index contributed by atoms with van der Waals surface area (Å²) in [6.45, 7) is 7.93. The lowest BCUT2D eigenvalue weighted by molar-refractivity contribution is 0.102. The highest BCUT2D eigenvalue weighted by Gasteiger charge is 2.13. The smallest absolute Gasteiger partial charge is 0.257 e. The lowest BCUT2D eigenvalue weighted by Crippen LogP contribution is -2.11. The molecule has 0 fully saturated rings. The molecule has 1 amide bonds. The third-order valence-corrected chi connectivity index (χ3v) is 5.88. The SMILES string of the molecule is Cc1cc(C)c2oc(-c3ccc(C(=O)Nc4nnc(C(C)C)s4)cc3)cc(=O)c2c1. The van der Waals surface area contributed by atoms with E-state index in [4.69, 9.17) is 4.42 Å². The number of amides is 1. The molecule has 0 spiro atoms. The van der Waals surface area contributed by atoms with Gasteiger partial charge < -0.3 is 4.42 Å². The van der Waals surface area contributed by atoms with Gasteiger partial charge in [0, 0.05) is 23.1 Å². The third-order valence-electron chi connectivity index (χ3n) is 4.75. The Hall–Kier alpha value is -3.32. The van der Waals surface area contributed by atoms with Crippen molar-refractivity contribution in [2.75, 3.05) is 5.32 Å². The molecule has 4 rings (SSSR count). The zero-order valence-electron chi connectivity index (χ0n) is 17.1. The third kappa shape index (κ3) is 3.89. The minimum Gasteiger partial charge on any atom is -0.456 e. The summed E-state index contributed by atoms with van der Waals surface area (Å²) in [6, 6.07) is 12.2. The van der Waals surface area contributed by atoms with Crippen molar-refractivity contribution < 1.29 is 9.21 Å². The fraction of sp³-hybridized carbons (Fsp3) is 0.217. The fourth-order valence-corrected chi connectivity index (χ4v) is 3.97. The standard InChI is InChI=1S/C23H21N3O3S/c1-12(2)22-25-26-23(30-22)24-21(28)16-7-5-15(6-8-16)19-11-18(27)17-10-13(3)9-14(4)20(17)29-19/h5-12H,1-4H3,(H,24,26,28). The van der Waals surface area contributed by atoms with Gasteiger partial charge >= 0.3 is 0 Å². The lowest BCUT2D eigenvalue weighted by Gasteiger charge is -2.07. The average Bonchev–Trinajstić information content (AvgIpc) is 3.17. The molecule has 0 aliphatic heterocycles. The molecule has 0 aliphatic carbocycles. The zero-order chi connectivity index (χ0) is 21.4. The molecule has 0 radical (unpaired) electrons. The van der Waals surface area contributed by atoms with E-state index in [1.807, 2.05) is 39.8 Å². The van der Waals surface area contributed by atoms with Crippen LogP contribution in [0, 0.1) is 13.8 Å². The van der Waals surface area contributed by atoms with Crippen LogP contribution < -0.4 is 10.7 Å². The lowest BCUT2D eigenvalue weighted by atomic mass is 10.1. The van der Waals surface area contributed by atoms with Gasteiger partial charge in [-0.05, 0) is 43.2 Å². The molecule has 0 unspecified atom stereocenters. The van der Waals surface area contributed by atoms with E-state index in [0.29, 0.717) is 27.4 Å². The molecule has 4 aromatic rings. The number of nitrogens with zero attached hydrogens (tertiary/aromatic N) is 2. The highest BCUT2D eigenvalue weighted by atomic mass is 32.1. The van der Waals surface area contributed by atoms with Crippen molar-refractivity contribution >= 4 is 33.3 Å². The minimum atomic E-state index is -0.265. The number of fused-ring (bicyclic) bond motifs is 1. The maximum Gasteiger partial charge on any atom is 0.257 e. The van der Waals surface area contributed by atoms with Crippen LogP contribution in [0.4, 0.5) is 5.13 Å². The van der Waals surface area contributed by atoms with E-state index in [2.05, 4.69) is 15.5 Å². The Labute approximate surface area is 177 Å². The monoisotopic (exact) mass is 419 g/mol. The molecule has 0 saturated heterocycles. The fourth-order valence-electron chi connectivity index (χ4n) is 3.22. The first-order valence-electron chi connectivity index (χ1n) is 9.62. The number of anilines is 1. The van der Waals surface area contributed by atoms with Crippen LogP contribution in [-0.4, -0.2) is 16.1 Å². The summed E-state index contributed by atoms with van der Waals surface area (Å²) < 4.78 is 6.02. The Morgan fingerprint density at radius 1 is 1.07 bits per heavy atom. The van der Waals surface area contributed by atoms with Gasteiger partial charge in [-0.15, -0.1) is 10.2 Å². The summed E-state index contributed by atoms with van der Waals surface area (Å²) >= 11 is 1.37. The maximum atomic E-state index is 12.6. The first-order valence-corrected chi connectivity index (χ1v) is 10.4. The summed E-state index contributed by atoms with van der Waals surface area (Å²) in [5.41, 5.74) is 3.64. The average molecular weight is 420 g/mol. The molecule has 7 heteroatoms. The van der Waals surface area contributed by atoms with Crippen LogP contribution in [0.1, 0.15) is 46.3 Å². The molecule has 0 atom stereocenters. The molecule has 2 aromatic carbocycles. The van der Waals surface area contributed by atoms with E-state index in [0.717, 1.165) is 21.7 Å². The second kappa shape index (κ2) is 7.84. The number of nitrogens with one attached hydrogen (secondary N) is 1. The first-order chi connectivity index (χ1) is 14.3. The highest BCUT2D eigenvalue weighted by molar-refractivity contribution is 7.15. The highest BCUT2D eigenvalue weighted by Crippen LogP contribution is 2.26. The molecular formula is C23H21N3O3S. The van der Waals surface area contributed by atoms with Gasteiger partial charge in [0.1, 0.15) is 16.4 Å². The van der Waals surface area contributed by atoms with Gasteiger partial charge in [-0.2, -0.15) is 0 Å². The second-order valence-corrected chi connectivity index (χ2v) is 8.57. The van der Waals surface area contributed by atoms with Crippen molar-refractivity contribution in [1.29, 1.82) is 0 Å². The summed E-state index contributed by atoms with van der Waals surface area (Å²) in [5, 5.41) is 12.8. The van der Waals surface area contributed by atoms with Crippen LogP contribution in [0.15, 0.2) is 51.7 Å². The molecule has 1 N–H and O–H groups in total. The molecule has 152 valence electrons. The minimum absolute atomic E-state index is 0.0860. The maximum absolute atomic E-state index is 12.6. The van der Waals surface area contributed by atoms with E-state index in [1.54, 1.807) is 24.3 Å². The van der Waals surface area contributed by atoms with Crippen LogP contribution in [0.5, 0.6) is 0 Å². The Kier molecular flexibility index (Phi) is 5.22. The van der Waals surface area contributed by atoms with E-state index in [-0.39, 0.29) is 17.3 Å². The van der Waals surface area contributed by atoms with Gasteiger partial charge in [0.05, 0.1) is 5.39 Å². The van der Waals surface area contributed by atoms with Crippen molar-refractivity contribution in [2.24, 2.45) is 0 Å². The molecule has 2 aromatic heterocycles. The number of hydrogen-bond donors (Lipinski definition) is 1. The first kappa shape index (κ1) is 20.0. The van der Waals surface area contributed by atoms with Crippen LogP contribution in [0.25, 0.3) is 22.3 Å². The normalized spacial score (nSPS) is 11.2. The molecule has 30 heavy (non-hydrogen) atoms. The number of aryl methyl sites for hydroxylation is 2. The molecule has 0 bridgehead atoms. The van der Waals surface area contributed by atoms with Gasteiger partial charge in [-0.25, -0.2) is 0 Å². The van der Waals surface area contributed by atoms with E-state index >= 15 is 0 Å². The van der Waals surface area contributed by atoms with Crippen molar-refractivity contribution in [1.82, 2.24) is 10.2 Å². The summed E-state index contributed by atoms with van der Waals surface area (Å²) in [5.74, 6) is 0.466. The zero-order valence-corrected chi connectivity index (χ0v) is 18.0. The van der Waals surface area contributed by atoms with Gasteiger partial charge in [0.25, 0.3) is 5.91 Å². The van der Waals surface area contributed by atoms with Crippen LogP contribution in [0.3, 0.4) is 0 Å². The number of aromatic nitrogens is 2. The van der Waals surface area contributed by atoms with E-state index in [1.165, 1.54) is 17.4 Å². The Morgan fingerprint density at radius 2 is 1.80 bits per heavy atom. The summed E-state index contributed by atoms with van der Waals surface area (Å²) in [6.07, 6.45) is 0. The van der Waals surface area contributed by atoms with Crippen molar-refractivity contribution in [3.8, 4) is 11.3 Å². The largest absolute Gasteiger partial charge is 0.456 e. The van der Waals surface area contributed by atoms with Crippen LogP contribution >= 0.6 is 11.3 Å². The molecule has 6 nitrogen and oxygen atoms in total. The molecule has 0 aliphatic rings. The predicted molar refractivity (Wildman–Crippen MR) is 119 cm³/mol. The Morgan fingerprint density at radius 3 is 2.47 bits per heavy atom. The van der Waals surface area contributed by atoms with E-state index < -0.39 is 0 Å². The molecule has 0 saturated carbocycles. The van der Waals surface area contributed by atoms with E-state index in [9.17, 15) is 9.59 Å². The van der Waals surface area contributed by atoms with Crippen molar-refractivity contribution in [2.45, 2.75) is 33.6 Å². The summed E-state index contributed by atoms with van der Waals surface area (Å²) in [7, 11) is 0. The number of carbonyl (C=O) groups excluding carboxylic acids is 1. The van der Waals surface area contributed by atoms with Gasteiger partial charge in [-0.1, -0.05) is 43.4 Å². The van der Waals surface area contributed by atoms with Gasteiger partial charge in [0.2, 0.25) is 5.13 Å². The number of carbonyl (C=O) groups is 1. The van der Waals surface area contributed by atoms with Crippen LogP contribution in [0.2, 0.25) is 0 Å². The topological polar surface area (TPSA) is 85.1 Å². The number of benzene rings is 2. The number of hydrogen-bond acceptors (Lipinski definition) is 6. The molecular weight excluding hydrogens is 398 g/mol. The van der Waals surface area contributed by atoms with Crippen molar-refractivity contribution in [3.05, 3.63) is 74.4 Å². The summed E-state index contributed by atoms with van der Waals surface area (Å²) in [4.78, 5) is 25.1. The number of rotatable bonds is 4. The van der Waals surface area contributed by atoms with Crippen LogP contribution in [-0.2, 0) is 0 Å². The van der Waals surface area contributed by atoms with Crippen molar-refractivity contribution in [3.63, 3.8) is 0 Å². The molecule has 2 heterocycles. The predicted octanol–water partition coefficient (Wildman–Crippen LogP) is 5.30. The van der Waals surface area contributed by atoms with Gasteiger partial charge in [0.15, 0.2) is 5.43 Å². The Bertz CT molecular complexity index is 1300. The Balaban J connectivity index is 1.60.